The van der Waals surface area contributed by atoms with Crippen LogP contribution in [0, 0.1) is 6.92 Å². The highest BCUT2D eigenvalue weighted by atomic mass is 32.1. The number of thiol groups is 1. The highest BCUT2D eigenvalue weighted by molar-refractivity contribution is 7.80. The Balaban J connectivity index is 2.23. The second-order valence-electron chi connectivity index (χ2n) is 4.54. The minimum Gasteiger partial charge on any atom is -0.236 e. The van der Waals surface area contributed by atoms with Crippen molar-refractivity contribution in [2.75, 3.05) is 0 Å². The van der Waals surface area contributed by atoms with E-state index in [0.29, 0.717) is 0 Å². The maximum Gasteiger partial charge on any atom is 0.160 e. The fourth-order valence-electron chi connectivity index (χ4n) is 1.83. The van der Waals surface area contributed by atoms with E-state index in [1.807, 2.05) is 24.5 Å². The van der Waals surface area contributed by atoms with E-state index < -0.39 is 0 Å². The van der Waals surface area contributed by atoms with Gasteiger partial charge >= 0.3 is 0 Å². The number of hydrogen-bond donors (Lipinski definition) is 1. The third kappa shape index (κ3) is 3.10. The molecule has 1 aromatic heterocycles. The van der Waals surface area contributed by atoms with Gasteiger partial charge in [-0.2, -0.15) is 0 Å². The van der Waals surface area contributed by atoms with Crippen LogP contribution in [0.2, 0.25) is 0 Å². The minimum atomic E-state index is 0.750. The maximum atomic E-state index is 4.48. The molecule has 0 bridgehead atoms. The summed E-state index contributed by atoms with van der Waals surface area (Å²) in [5.74, 6) is 0.750. The van der Waals surface area contributed by atoms with Crippen molar-refractivity contribution in [1.29, 1.82) is 0 Å². The van der Waals surface area contributed by atoms with Gasteiger partial charge in [-0.15, -0.1) is 12.6 Å². The van der Waals surface area contributed by atoms with Crippen molar-refractivity contribution >= 4 is 12.6 Å². The van der Waals surface area contributed by atoms with Crippen molar-refractivity contribution in [1.82, 2.24) is 9.97 Å². The number of hydrogen-bond acceptors (Lipinski definition) is 3. The fraction of sp³-hybridized carbons (Fsp3) is 0.333. The summed E-state index contributed by atoms with van der Waals surface area (Å²) in [6.45, 7) is 4.24. The van der Waals surface area contributed by atoms with Gasteiger partial charge in [0.15, 0.2) is 5.82 Å². The summed E-state index contributed by atoms with van der Waals surface area (Å²) in [6, 6.07) is 6.12. The molecular weight excluding hydrogens is 240 g/mol. The zero-order valence-electron chi connectivity index (χ0n) is 10.8. The Morgan fingerprint density at radius 2 is 1.89 bits per heavy atom. The standard InChI is InChI=1S/C15H18N2S/c1-3-4-5-12-9-16-15(17-10-12)13-7-6-11(2)8-14(13)18/h6-10,18H,3-5H2,1-2H3. The first-order valence-electron chi connectivity index (χ1n) is 6.31. The Morgan fingerprint density at radius 3 is 2.50 bits per heavy atom. The average Bonchev–Trinajstić information content (AvgIpc) is 2.37. The van der Waals surface area contributed by atoms with E-state index in [2.05, 4.69) is 42.5 Å². The summed E-state index contributed by atoms with van der Waals surface area (Å²) >= 11 is 4.48. The zero-order chi connectivity index (χ0) is 13.0. The first-order chi connectivity index (χ1) is 8.70. The highest BCUT2D eigenvalue weighted by Gasteiger charge is 2.05. The van der Waals surface area contributed by atoms with Crippen LogP contribution in [-0.2, 0) is 6.42 Å². The molecule has 1 aromatic carbocycles. The Morgan fingerprint density at radius 1 is 1.17 bits per heavy atom. The van der Waals surface area contributed by atoms with E-state index >= 15 is 0 Å². The second kappa shape index (κ2) is 6.01. The molecule has 0 N–H and O–H groups in total. The minimum absolute atomic E-state index is 0.750. The summed E-state index contributed by atoms with van der Waals surface area (Å²) in [7, 11) is 0. The number of benzene rings is 1. The number of rotatable bonds is 4. The van der Waals surface area contributed by atoms with Gasteiger partial charge in [0.05, 0.1) is 0 Å². The van der Waals surface area contributed by atoms with E-state index in [1.54, 1.807) is 0 Å². The van der Waals surface area contributed by atoms with E-state index in [0.717, 1.165) is 22.7 Å². The molecule has 0 fully saturated rings. The number of aryl methyl sites for hydroxylation is 2. The van der Waals surface area contributed by atoms with Crippen LogP contribution in [0.1, 0.15) is 30.9 Å². The van der Waals surface area contributed by atoms with Crippen LogP contribution < -0.4 is 0 Å². The molecule has 2 aromatic rings. The van der Waals surface area contributed by atoms with Crippen LogP contribution in [0.3, 0.4) is 0 Å². The van der Waals surface area contributed by atoms with Gasteiger partial charge in [0.1, 0.15) is 0 Å². The molecule has 0 radical (unpaired) electrons. The largest absolute Gasteiger partial charge is 0.236 e. The molecule has 2 nitrogen and oxygen atoms in total. The van der Waals surface area contributed by atoms with Crippen LogP contribution in [0.4, 0.5) is 0 Å². The smallest absolute Gasteiger partial charge is 0.160 e. The SMILES string of the molecule is CCCCc1cnc(-c2ccc(C)cc2S)nc1. The number of unbranched alkanes of at least 4 members (excludes halogenated alkanes) is 1. The zero-order valence-corrected chi connectivity index (χ0v) is 11.7. The topological polar surface area (TPSA) is 25.8 Å². The molecule has 0 unspecified atom stereocenters. The Labute approximate surface area is 114 Å². The quantitative estimate of drug-likeness (QED) is 0.836. The van der Waals surface area contributed by atoms with Crippen molar-refractivity contribution < 1.29 is 0 Å². The van der Waals surface area contributed by atoms with Gasteiger partial charge < -0.3 is 0 Å². The first-order valence-corrected chi connectivity index (χ1v) is 6.76. The lowest BCUT2D eigenvalue weighted by atomic mass is 10.1. The third-order valence-electron chi connectivity index (χ3n) is 2.92. The molecule has 2 rings (SSSR count). The Kier molecular flexibility index (Phi) is 4.37. The molecule has 94 valence electrons. The second-order valence-corrected chi connectivity index (χ2v) is 5.02. The molecule has 0 saturated carbocycles. The Hall–Kier alpha value is -1.35. The van der Waals surface area contributed by atoms with Crippen LogP contribution in [0.5, 0.6) is 0 Å². The highest BCUT2D eigenvalue weighted by Crippen LogP contribution is 2.24. The van der Waals surface area contributed by atoms with Gasteiger partial charge in [0.25, 0.3) is 0 Å². The summed E-state index contributed by atoms with van der Waals surface area (Å²) < 4.78 is 0. The van der Waals surface area contributed by atoms with Crippen LogP contribution in [0.15, 0.2) is 35.5 Å². The molecular formula is C15H18N2S. The molecule has 18 heavy (non-hydrogen) atoms. The van der Waals surface area contributed by atoms with Crippen molar-refractivity contribution in [2.45, 2.75) is 38.0 Å². The predicted octanol–water partition coefficient (Wildman–Crippen LogP) is 4.08. The van der Waals surface area contributed by atoms with Gasteiger partial charge in [-0.1, -0.05) is 19.4 Å². The predicted molar refractivity (Wildman–Crippen MR) is 78.1 cm³/mol. The molecule has 0 aliphatic carbocycles. The van der Waals surface area contributed by atoms with Gasteiger partial charge in [0, 0.05) is 22.9 Å². The Bertz CT molecular complexity index is 521. The molecule has 0 aliphatic heterocycles. The molecule has 0 amide bonds. The van der Waals surface area contributed by atoms with Crippen LogP contribution in [0.25, 0.3) is 11.4 Å². The van der Waals surface area contributed by atoms with Gasteiger partial charge in [-0.05, 0) is 43.0 Å². The summed E-state index contributed by atoms with van der Waals surface area (Å²) in [5, 5.41) is 0. The maximum absolute atomic E-state index is 4.48. The lowest BCUT2D eigenvalue weighted by Gasteiger charge is -2.05. The lowest BCUT2D eigenvalue weighted by Crippen LogP contribution is -1.93. The first kappa shape index (κ1) is 13.1. The van der Waals surface area contributed by atoms with E-state index in [-0.39, 0.29) is 0 Å². The molecule has 3 heteroatoms. The van der Waals surface area contributed by atoms with Crippen LogP contribution >= 0.6 is 12.6 Å². The molecule has 1 heterocycles. The summed E-state index contributed by atoms with van der Waals surface area (Å²) in [4.78, 5) is 9.79. The number of aromatic nitrogens is 2. The van der Waals surface area contributed by atoms with E-state index in [4.69, 9.17) is 0 Å². The normalized spacial score (nSPS) is 10.6. The molecule has 0 atom stereocenters. The van der Waals surface area contributed by atoms with E-state index in [1.165, 1.54) is 24.0 Å². The molecule has 0 saturated heterocycles. The fourth-order valence-corrected chi connectivity index (χ4v) is 2.21. The van der Waals surface area contributed by atoms with Crippen molar-refractivity contribution in [3.63, 3.8) is 0 Å². The van der Waals surface area contributed by atoms with Crippen molar-refractivity contribution in [3.05, 3.63) is 41.7 Å². The van der Waals surface area contributed by atoms with Gasteiger partial charge in [-0.25, -0.2) is 9.97 Å². The summed E-state index contributed by atoms with van der Waals surface area (Å²) in [5.41, 5.74) is 3.39. The van der Waals surface area contributed by atoms with Gasteiger partial charge in [0.2, 0.25) is 0 Å². The monoisotopic (exact) mass is 258 g/mol. The average molecular weight is 258 g/mol. The van der Waals surface area contributed by atoms with Crippen LogP contribution in [-0.4, -0.2) is 9.97 Å². The van der Waals surface area contributed by atoms with E-state index in [9.17, 15) is 0 Å². The van der Waals surface area contributed by atoms with Gasteiger partial charge in [-0.3, -0.25) is 0 Å². The molecule has 0 spiro atoms. The van der Waals surface area contributed by atoms with Crippen molar-refractivity contribution in [3.8, 4) is 11.4 Å². The lowest BCUT2D eigenvalue weighted by molar-refractivity contribution is 0.788. The number of nitrogens with zero attached hydrogens (tertiary/aromatic N) is 2. The summed E-state index contributed by atoms with van der Waals surface area (Å²) in [6.07, 6.45) is 7.28. The third-order valence-corrected chi connectivity index (χ3v) is 3.29. The molecule has 0 aliphatic rings. The van der Waals surface area contributed by atoms with Crippen molar-refractivity contribution in [2.24, 2.45) is 0 Å².